The molecular formula is C14H18N4O3S2. The average molecular weight is 354 g/mol. The van der Waals surface area contributed by atoms with Gasteiger partial charge in [0.2, 0.25) is 11.0 Å². The monoisotopic (exact) mass is 354 g/mol. The van der Waals surface area contributed by atoms with E-state index in [1.54, 1.807) is 45.9 Å². The third kappa shape index (κ3) is 4.26. The molecule has 9 heteroatoms. The maximum Gasteiger partial charge on any atom is 0.291 e. The van der Waals surface area contributed by atoms with Gasteiger partial charge in [0, 0.05) is 5.41 Å². The second-order valence-electron chi connectivity index (χ2n) is 6.00. The van der Waals surface area contributed by atoms with E-state index in [1.165, 1.54) is 0 Å². The van der Waals surface area contributed by atoms with E-state index in [9.17, 15) is 13.2 Å². The first-order valence-electron chi connectivity index (χ1n) is 6.83. The lowest BCUT2D eigenvalue weighted by Crippen LogP contribution is -2.27. The lowest BCUT2D eigenvalue weighted by Gasteiger charge is -2.15. The van der Waals surface area contributed by atoms with Gasteiger partial charge in [0.05, 0.1) is 5.69 Å². The fraction of sp³-hybridized carbons (Fsp3) is 0.357. The molecule has 0 bridgehead atoms. The molecule has 23 heavy (non-hydrogen) atoms. The molecule has 1 aromatic carbocycles. The van der Waals surface area contributed by atoms with Gasteiger partial charge in [-0.2, -0.15) is 8.42 Å². The van der Waals surface area contributed by atoms with E-state index < -0.39 is 15.4 Å². The molecule has 1 amide bonds. The molecular weight excluding hydrogens is 336 g/mol. The number of rotatable bonds is 4. The fourth-order valence-corrected chi connectivity index (χ4v) is 3.56. The quantitative estimate of drug-likeness (QED) is 0.822. The van der Waals surface area contributed by atoms with Crippen molar-refractivity contribution in [2.45, 2.75) is 32.0 Å². The Bertz CT molecular complexity index is 823. The Kier molecular flexibility index (Phi) is 4.71. The summed E-state index contributed by atoms with van der Waals surface area (Å²) in [5.74, 6) is -0.260. The summed E-state index contributed by atoms with van der Waals surface area (Å²) in [5.41, 5.74) is 0.661. The van der Waals surface area contributed by atoms with Crippen molar-refractivity contribution in [1.29, 1.82) is 0 Å². The summed E-state index contributed by atoms with van der Waals surface area (Å²) >= 11 is 0.805. The number of benzene rings is 1. The minimum Gasteiger partial charge on any atom is -0.300 e. The number of nitrogens with zero attached hydrogens (tertiary/aromatic N) is 2. The molecule has 2 N–H and O–H groups in total. The highest BCUT2D eigenvalue weighted by molar-refractivity contribution is 7.94. The Morgan fingerprint density at radius 2 is 1.83 bits per heavy atom. The maximum absolute atomic E-state index is 12.3. The number of anilines is 2. The van der Waals surface area contributed by atoms with E-state index in [4.69, 9.17) is 0 Å². The Labute approximate surface area is 139 Å². The summed E-state index contributed by atoms with van der Waals surface area (Å²) in [6.07, 6.45) is 0. The molecule has 0 aliphatic carbocycles. The van der Waals surface area contributed by atoms with Crippen LogP contribution in [-0.2, 0) is 14.8 Å². The zero-order valence-electron chi connectivity index (χ0n) is 13.2. The van der Waals surface area contributed by atoms with Gasteiger partial charge in [-0.15, -0.1) is 10.2 Å². The van der Waals surface area contributed by atoms with Crippen LogP contribution in [-0.4, -0.2) is 24.5 Å². The van der Waals surface area contributed by atoms with Crippen LogP contribution in [0, 0.1) is 12.3 Å². The lowest BCUT2D eigenvalue weighted by molar-refractivity contribution is -0.123. The van der Waals surface area contributed by atoms with Crippen LogP contribution in [0.1, 0.15) is 26.3 Å². The second kappa shape index (κ2) is 6.25. The maximum atomic E-state index is 12.3. The van der Waals surface area contributed by atoms with E-state index in [1.807, 2.05) is 6.07 Å². The molecule has 2 rings (SSSR count). The summed E-state index contributed by atoms with van der Waals surface area (Å²) in [6, 6.07) is 7.02. The number of sulfonamides is 1. The van der Waals surface area contributed by atoms with Crippen LogP contribution < -0.4 is 10.0 Å². The van der Waals surface area contributed by atoms with E-state index in [0.29, 0.717) is 5.69 Å². The highest BCUT2D eigenvalue weighted by Gasteiger charge is 2.25. The van der Waals surface area contributed by atoms with Crippen LogP contribution in [0.25, 0.3) is 0 Å². The number of hydrogen-bond donors (Lipinski definition) is 2. The molecule has 7 nitrogen and oxygen atoms in total. The molecule has 1 aromatic heterocycles. The van der Waals surface area contributed by atoms with Crippen molar-refractivity contribution in [3.05, 3.63) is 29.8 Å². The van der Waals surface area contributed by atoms with E-state index >= 15 is 0 Å². The van der Waals surface area contributed by atoms with Crippen LogP contribution >= 0.6 is 11.3 Å². The van der Waals surface area contributed by atoms with Gasteiger partial charge < -0.3 is 5.32 Å². The Hall–Kier alpha value is -2.00. The van der Waals surface area contributed by atoms with Crippen LogP contribution in [0.4, 0.5) is 10.8 Å². The minimum atomic E-state index is -3.84. The average Bonchev–Trinajstić information content (AvgIpc) is 2.89. The number of aryl methyl sites for hydroxylation is 1. The zero-order chi connectivity index (χ0) is 17.3. The first-order chi connectivity index (χ1) is 10.6. The summed E-state index contributed by atoms with van der Waals surface area (Å²) in [7, 11) is -3.84. The molecule has 0 spiro atoms. The van der Waals surface area contributed by atoms with E-state index in [-0.39, 0.29) is 15.4 Å². The highest BCUT2D eigenvalue weighted by Crippen LogP contribution is 2.25. The summed E-state index contributed by atoms with van der Waals surface area (Å²) < 4.78 is 26.9. The van der Waals surface area contributed by atoms with Crippen LogP contribution in [0.15, 0.2) is 28.6 Å². The molecule has 0 radical (unpaired) electrons. The second-order valence-corrected chi connectivity index (χ2v) is 8.83. The number of aromatic nitrogens is 2. The van der Waals surface area contributed by atoms with Gasteiger partial charge in [0.15, 0.2) is 0 Å². The van der Waals surface area contributed by atoms with Gasteiger partial charge in [-0.05, 0) is 18.6 Å². The summed E-state index contributed by atoms with van der Waals surface area (Å²) in [5, 5.41) is 10.1. The van der Waals surface area contributed by atoms with Crippen LogP contribution in [0.2, 0.25) is 0 Å². The molecule has 0 aliphatic heterocycles. The molecule has 1 heterocycles. The van der Waals surface area contributed by atoms with Crippen molar-refractivity contribution in [3.8, 4) is 0 Å². The summed E-state index contributed by atoms with van der Waals surface area (Å²) in [4.78, 5) is 11.9. The lowest BCUT2D eigenvalue weighted by atomic mass is 9.96. The van der Waals surface area contributed by atoms with Crippen molar-refractivity contribution >= 4 is 38.1 Å². The van der Waals surface area contributed by atoms with Gasteiger partial charge in [-0.3, -0.25) is 9.52 Å². The number of para-hydroxylation sites is 1. The molecule has 124 valence electrons. The highest BCUT2D eigenvalue weighted by atomic mass is 32.2. The van der Waals surface area contributed by atoms with Gasteiger partial charge in [-0.25, -0.2) is 0 Å². The SMILES string of the molecule is Cc1ccccc1NS(=O)(=O)c1nnc(NC(=O)C(C)(C)C)s1. The van der Waals surface area contributed by atoms with Crippen molar-refractivity contribution in [2.24, 2.45) is 5.41 Å². The first-order valence-corrected chi connectivity index (χ1v) is 9.13. The molecule has 0 fully saturated rings. The fourth-order valence-electron chi connectivity index (χ4n) is 1.53. The largest absolute Gasteiger partial charge is 0.300 e. The number of carbonyl (C=O) groups excluding carboxylic acids is 1. The standard InChI is InChI=1S/C14H18N4O3S2/c1-9-7-5-6-8-10(9)18-23(20,21)13-17-16-12(22-13)15-11(19)14(2,3)4/h5-8,18H,1-4H3,(H,15,16,19). The number of amides is 1. The molecule has 0 saturated heterocycles. The van der Waals surface area contributed by atoms with Crippen molar-refractivity contribution in [3.63, 3.8) is 0 Å². The Balaban J connectivity index is 2.19. The zero-order valence-corrected chi connectivity index (χ0v) is 14.9. The minimum absolute atomic E-state index is 0.148. The first kappa shape index (κ1) is 17.4. The molecule has 0 atom stereocenters. The van der Waals surface area contributed by atoms with Crippen molar-refractivity contribution in [2.75, 3.05) is 10.0 Å². The predicted octanol–water partition coefficient (Wildman–Crippen LogP) is 2.63. The predicted molar refractivity (Wildman–Crippen MR) is 90.0 cm³/mol. The third-order valence-electron chi connectivity index (χ3n) is 2.93. The van der Waals surface area contributed by atoms with Gasteiger partial charge in [0.25, 0.3) is 14.4 Å². The van der Waals surface area contributed by atoms with Crippen molar-refractivity contribution < 1.29 is 13.2 Å². The molecule has 2 aromatic rings. The normalized spacial score (nSPS) is 12.0. The Morgan fingerprint density at radius 3 is 2.43 bits per heavy atom. The molecule has 0 saturated carbocycles. The topological polar surface area (TPSA) is 101 Å². The molecule has 0 aliphatic rings. The molecule has 0 unspecified atom stereocenters. The smallest absolute Gasteiger partial charge is 0.291 e. The van der Waals surface area contributed by atoms with E-state index in [2.05, 4.69) is 20.2 Å². The van der Waals surface area contributed by atoms with Crippen LogP contribution in [0.3, 0.4) is 0 Å². The van der Waals surface area contributed by atoms with Gasteiger partial charge in [-0.1, -0.05) is 50.3 Å². The third-order valence-corrected chi connectivity index (χ3v) is 5.50. The summed E-state index contributed by atoms with van der Waals surface area (Å²) in [6.45, 7) is 7.05. The van der Waals surface area contributed by atoms with Crippen molar-refractivity contribution in [1.82, 2.24) is 10.2 Å². The number of carbonyl (C=O) groups is 1. The van der Waals surface area contributed by atoms with Gasteiger partial charge in [0.1, 0.15) is 0 Å². The number of hydrogen-bond acceptors (Lipinski definition) is 6. The van der Waals surface area contributed by atoms with Crippen LogP contribution in [0.5, 0.6) is 0 Å². The van der Waals surface area contributed by atoms with E-state index in [0.717, 1.165) is 16.9 Å². The van der Waals surface area contributed by atoms with Gasteiger partial charge >= 0.3 is 0 Å². The number of nitrogens with one attached hydrogen (secondary N) is 2. The Morgan fingerprint density at radius 1 is 1.17 bits per heavy atom.